The van der Waals surface area contributed by atoms with Crippen LogP contribution < -0.4 is 14.0 Å². The van der Waals surface area contributed by atoms with Crippen molar-refractivity contribution in [1.29, 1.82) is 0 Å². The van der Waals surface area contributed by atoms with Crippen molar-refractivity contribution in [2.75, 3.05) is 0 Å². The Morgan fingerprint density at radius 2 is 0.850 bits per heavy atom. The average molecular weight is 533 g/mol. The van der Waals surface area contributed by atoms with Crippen LogP contribution in [0.25, 0.3) is 33.8 Å². The van der Waals surface area contributed by atoms with Crippen molar-refractivity contribution in [3.8, 4) is 51.0 Å². The van der Waals surface area contributed by atoms with Crippen LogP contribution in [0, 0.1) is 20.8 Å². The average Bonchev–Trinajstić information content (AvgIpc) is 3.67. The first-order chi connectivity index (χ1) is 19.6. The summed E-state index contributed by atoms with van der Waals surface area (Å²) in [6.45, 7) is 5.56. The zero-order chi connectivity index (χ0) is 27.5. The fourth-order valence-corrected chi connectivity index (χ4v) is 4.15. The molecule has 0 amide bonds. The molecule has 6 rings (SSSR count). The fraction of sp³-hybridized carbons (Fsp3) is 0.111. The number of nitrogens with zero attached hydrogens (tertiary/aromatic N) is 6. The highest BCUT2D eigenvalue weighted by Gasteiger charge is 2.37. The van der Waals surface area contributed by atoms with Gasteiger partial charge in [-0.1, -0.05) is 0 Å². The molecule has 0 saturated carbocycles. The Morgan fingerprint density at radius 1 is 0.525 bits per heavy atom. The van der Waals surface area contributed by atoms with E-state index >= 15 is 0 Å². The first kappa shape index (κ1) is 24.9. The number of aromatic nitrogens is 9. The number of pyridine rings is 3. The standard InChI is InChI=1S/C27H24BN9O3/c1-16-25(22(35-32-16)19-7-4-10-29-13-19)38-28(39-26-17(2)33-36-23(26)20-8-5-11-30-14-20)40-27-18(3)34-37-24(27)21-9-6-12-31-15-21/h4-15H,1-3H3,(H,32,35)(H,33,36)(H,34,37). The topological polar surface area (TPSA) is 152 Å². The Morgan fingerprint density at radius 3 is 1.12 bits per heavy atom. The molecule has 0 unspecified atom stereocenters. The van der Waals surface area contributed by atoms with Gasteiger partial charge in [-0.15, -0.1) is 0 Å². The minimum atomic E-state index is -1.27. The van der Waals surface area contributed by atoms with Gasteiger partial charge >= 0.3 is 7.32 Å². The molecule has 6 aromatic rings. The van der Waals surface area contributed by atoms with E-state index in [1.165, 1.54) is 0 Å². The van der Waals surface area contributed by atoms with Gasteiger partial charge in [0.05, 0.1) is 17.1 Å². The quantitative estimate of drug-likeness (QED) is 0.228. The number of aromatic amines is 3. The van der Waals surface area contributed by atoms with Crippen LogP contribution in [-0.2, 0) is 0 Å². The molecule has 0 spiro atoms. The first-order valence-corrected chi connectivity index (χ1v) is 12.4. The lowest BCUT2D eigenvalue weighted by Crippen LogP contribution is -2.37. The number of aryl methyl sites for hydroxylation is 3. The van der Waals surface area contributed by atoms with Crippen molar-refractivity contribution in [2.24, 2.45) is 0 Å². The summed E-state index contributed by atoms with van der Waals surface area (Å²) in [7, 11) is -1.27. The van der Waals surface area contributed by atoms with Gasteiger partial charge in [-0.2, -0.15) is 15.3 Å². The lowest BCUT2D eigenvalue weighted by atomic mass is 10.1. The van der Waals surface area contributed by atoms with E-state index in [9.17, 15) is 0 Å². The summed E-state index contributed by atoms with van der Waals surface area (Å²) >= 11 is 0. The van der Waals surface area contributed by atoms with Gasteiger partial charge < -0.3 is 14.0 Å². The number of nitrogens with one attached hydrogen (secondary N) is 3. The van der Waals surface area contributed by atoms with Crippen molar-refractivity contribution in [1.82, 2.24) is 45.5 Å². The number of H-pyrrole nitrogens is 3. The van der Waals surface area contributed by atoms with Gasteiger partial charge in [0.1, 0.15) is 17.1 Å². The molecule has 40 heavy (non-hydrogen) atoms. The van der Waals surface area contributed by atoms with Gasteiger partial charge in [-0.3, -0.25) is 30.2 Å². The smallest absolute Gasteiger partial charge is 0.486 e. The maximum absolute atomic E-state index is 6.43. The lowest BCUT2D eigenvalue weighted by molar-refractivity contribution is 0.306. The normalized spacial score (nSPS) is 10.9. The maximum atomic E-state index is 6.43. The van der Waals surface area contributed by atoms with Crippen molar-refractivity contribution in [3.05, 3.63) is 90.7 Å². The van der Waals surface area contributed by atoms with Crippen LogP contribution in [0.5, 0.6) is 17.2 Å². The highest BCUT2D eigenvalue weighted by molar-refractivity contribution is 6.40. The number of hydrogen-bond donors (Lipinski definition) is 3. The van der Waals surface area contributed by atoms with E-state index in [1.807, 2.05) is 57.2 Å². The second-order valence-electron chi connectivity index (χ2n) is 8.95. The SMILES string of the molecule is Cc1[nH]nc(-c2cccnc2)c1OB(Oc1c(-c2cccnc2)n[nH]c1C)Oc1c(-c2cccnc2)n[nH]c1C. The molecule has 0 radical (unpaired) electrons. The molecule has 12 nitrogen and oxygen atoms in total. The fourth-order valence-electron chi connectivity index (χ4n) is 4.15. The third-order valence-corrected chi connectivity index (χ3v) is 6.12. The zero-order valence-electron chi connectivity index (χ0n) is 21.9. The van der Waals surface area contributed by atoms with Gasteiger partial charge in [0.15, 0.2) is 17.2 Å². The van der Waals surface area contributed by atoms with E-state index < -0.39 is 7.32 Å². The summed E-state index contributed by atoms with van der Waals surface area (Å²) in [6.07, 6.45) is 10.2. The van der Waals surface area contributed by atoms with Crippen LogP contribution >= 0.6 is 0 Å². The van der Waals surface area contributed by atoms with E-state index in [-0.39, 0.29) is 0 Å². The highest BCUT2D eigenvalue weighted by Crippen LogP contribution is 2.36. The second kappa shape index (κ2) is 10.7. The van der Waals surface area contributed by atoms with Gasteiger partial charge in [0.2, 0.25) is 0 Å². The summed E-state index contributed by atoms with van der Waals surface area (Å²) < 4.78 is 19.3. The molecular weight excluding hydrogens is 509 g/mol. The molecule has 3 N–H and O–H groups in total. The van der Waals surface area contributed by atoms with Crippen LogP contribution in [0.2, 0.25) is 0 Å². The lowest BCUT2D eigenvalue weighted by Gasteiger charge is -2.18. The maximum Gasteiger partial charge on any atom is 0.864 e. The van der Waals surface area contributed by atoms with Crippen LogP contribution in [0.3, 0.4) is 0 Å². The highest BCUT2D eigenvalue weighted by atomic mass is 16.7. The molecule has 0 aliphatic carbocycles. The Balaban J connectivity index is 1.41. The van der Waals surface area contributed by atoms with Crippen molar-refractivity contribution in [2.45, 2.75) is 20.8 Å². The summed E-state index contributed by atoms with van der Waals surface area (Å²) in [5.41, 5.74) is 6.06. The molecule has 13 heteroatoms. The molecule has 0 bridgehead atoms. The Bertz CT molecular complexity index is 1520. The molecule has 0 aromatic carbocycles. The monoisotopic (exact) mass is 533 g/mol. The molecule has 0 fully saturated rings. The third-order valence-electron chi connectivity index (χ3n) is 6.12. The Hall–Kier alpha value is -5.46. The summed E-state index contributed by atoms with van der Waals surface area (Å²) in [6, 6.07) is 11.2. The van der Waals surface area contributed by atoms with Gasteiger partial charge in [0.25, 0.3) is 0 Å². The van der Waals surface area contributed by atoms with E-state index in [0.717, 1.165) is 16.7 Å². The van der Waals surface area contributed by atoms with E-state index in [0.29, 0.717) is 51.4 Å². The molecular formula is C27H24BN9O3. The molecule has 0 aliphatic rings. The number of rotatable bonds is 9. The van der Waals surface area contributed by atoms with E-state index in [1.54, 1.807) is 37.2 Å². The number of hydrogen-bond acceptors (Lipinski definition) is 9. The molecule has 198 valence electrons. The van der Waals surface area contributed by atoms with E-state index in [2.05, 4.69) is 45.5 Å². The van der Waals surface area contributed by atoms with Crippen molar-refractivity contribution in [3.63, 3.8) is 0 Å². The largest absolute Gasteiger partial charge is 0.864 e. The molecule has 0 atom stereocenters. The molecule has 0 aliphatic heterocycles. The predicted octanol–water partition coefficient (Wildman–Crippen LogP) is 4.49. The summed E-state index contributed by atoms with van der Waals surface area (Å²) in [4.78, 5) is 12.7. The van der Waals surface area contributed by atoms with E-state index in [4.69, 9.17) is 14.0 Å². The minimum Gasteiger partial charge on any atom is -0.486 e. The second-order valence-corrected chi connectivity index (χ2v) is 8.95. The van der Waals surface area contributed by atoms with Crippen LogP contribution in [-0.4, -0.2) is 52.9 Å². The Labute approximate surface area is 229 Å². The van der Waals surface area contributed by atoms with Crippen LogP contribution in [0.1, 0.15) is 17.1 Å². The molecule has 6 aromatic heterocycles. The first-order valence-electron chi connectivity index (χ1n) is 12.4. The van der Waals surface area contributed by atoms with Crippen LogP contribution in [0.4, 0.5) is 0 Å². The molecule has 0 saturated heterocycles. The van der Waals surface area contributed by atoms with Crippen molar-refractivity contribution < 1.29 is 14.0 Å². The van der Waals surface area contributed by atoms with Crippen LogP contribution in [0.15, 0.2) is 73.6 Å². The van der Waals surface area contributed by atoms with Gasteiger partial charge in [-0.25, -0.2) is 0 Å². The predicted molar refractivity (Wildman–Crippen MR) is 147 cm³/mol. The molecule has 6 heterocycles. The minimum absolute atomic E-state index is 0.450. The Kier molecular flexibility index (Phi) is 6.67. The summed E-state index contributed by atoms with van der Waals surface area (Å²) in [5, 5.41) is 22.3. The third kappa shape index (κ3) is 4.87. The summed E-state index contributed by atoms with van der Waals surface area (Å²) in [5.74, 6) is 1.35. The zero-order valence-corrected chi connectivity index (χ0v) is 21.9. The van der Waals surface area contributed by atoms with Gasteiger partial charge in [-0.05, 0) is 57.2 Å². The van der Waals surface area contributed by atoms with Crippen molar-refractivity contribution >= 4 is 7.32 Å². The van der Waals surface area contributed by atoms with Gasteiger partial charge in [0, 0.05) is 53.9 Å².